The van der Waals surface area contributed by atoms with E-state index < -0.39 is 21.9 Å². The minimum atomic E-state index is -4.02. The number of sulfonamides is 1. The number of nitrogens with zero attached hydrogens (tertiary/aromatic N) is 6. The van der Waals surface area contributed by atoms with Crippen molar-refractivity contribution in [2.24, 2.45) is 7.05 Å². The van der Waals surface area contributed by atoms with Crippen LogP contribution in [0.15, 0.2) is 48.8 Å². The lowest BCUT2D eigenvalue weighted by Gasteiger charge is -2.18. The SMILES string of the molecule is COc1cccc(OC)c1-n1c(NS(=O)(=O)C[C@@H](OC)c2ccc(Cl)cn2)nnc1-c1ccn(C)n1. The van der Waals surface area contributed by atoms with Gasteiger partial charge in [0.25, 0.3) is 0 Å². The minimum absolute atomic E-state index is 0.0858. The summed E-state index contributed by atoms with van der Waals surface area (Å²) in [6.07, 6.45) is 2.30. The molecule has 0 fully saturated rings. The highest BCUT2D eigenvalue weighted by molar-refractivity contribution is 7.92. The van der Waals surface area contributed by atoms with Gasteiger partial charge in [0.05, 0.1) is 24.9 Å². The average molecular weight is 534 g/mol. The predicted octanol–water partition coefficient (Wildman–Crippen LogP) is 2.86. The molecular weight excluding hydrogens is 510 g/mol. The van der Waals surface area contributed by atoms with E-state index in [-0.39, 0.29) is 11.8 Å². The van der Waals surface area contributed by atoms with Gasteiger partial charge in [-0.25, -0.2) is 8.42 Å². The highest BCUT2D eigenvalue weighted by atomic mass is 35.5. The molecule has 0 amide bonds. The molecule has 12 nitrogen and oxygen atoms in total. The van der Waals surface area contributed by atoms with Crippen molar-refractivity contribution in [2.45, 2.75) is 6.10 Å². The van der Waals surface area contributed by atoms with Gasteiger partial charge in [-0.05, 0) is 30.3 Å². The summed E-state index contributed by atoms with van der Waals surface area (Å²) >= 11 is 5.90. The second kappa shape index (κ2) is 10.5. The molecule has 190 valence electrons. The zero-order valence-electron chi connectivity index (χ0n) is 19.9. The Morgan fingerprint density at radius 3 is 2.33 bits per heavy atom. The van der Waals surface area contributed by atoms with Crippen molar-refractivity contribution in [3.63, 3.8) is 0 Å². The molecule has 1 atom stereocenters. The van der Waals surface area contributed by atoms with Crippen molar-refractivity contribution < 1.29 is 22.6 Å². The molecule has 0 unspecified atom stereocenters. The van der Waals surface area contributed by atoms with Crippen LogP contribution < -0.4 is 14.2 Å². The van der Waals surface area contributed by atoms with Crippen molar-refractivity contribution in [1.29, 1.82) is 0 Å². The maximum Gasteiger partial charge on any atom is 0.243 e. The van der Waals surface area contributed by atoms with Gasteiger partial charge < -0.3 is 14.2 Å². The van der Waals surface area contributed by atoms with Crippen LogP contribution >= 0.6 is 11.6 Å². The standard InChI is InChI=1S/C22H24ClN7O5S/c1-29-11-10-16(27-29)21-25-26-22(30(21)20-17(33-2)6-5-7-18(20)34-3)28-36(31,32)13-19(35-4)15-9-8-14(23)12-24-15/h5-12,19H,13H2,1-4H3,(H,26,28)/t19-/m1/s1. The van der Waals surface area contributed by atoms with Crippen molar-refractivity contribution in [2.75, 3.05) is 31.8 Å². The predicted molar refractivity (Wildman–Crippen MR) is 133 cm³/mol. The van der Waals surface area contributed by atoms with Crippen LogP contribution in [-0.2, 0) is 21.8 Å². The van der Waals surface area contributed by atoms with Gasteiger partial charge in [-0.2, -0.15) is 5.10 Å². The molecule has 0 aliphatic heterocycles. The van der Waals surface area contributed by atoms with E-state index in [4.69, 9.17) is 25.8 Å². The Morgan fingerprint density at radius 2 is 1.78 bits per heavy atom. The Hall–Kier alpha value is -3.68. The number of aromatic nitrogens is 6. The molecule has 4 rings (SSSR count). The first-order valence-electron chi connectivity index (χ1n) is 10.6. The number of hydrogen-bond acceptors (Lipinski definition) is 9. The van der Waals surface area contributed by atoms with Gasteiger partial charge in [0.1, 0.15) is 34.7 Å². The Kier molecular flexibility index (Phi) is 7.43. The number of anilines is 1. The van der Waals surface area contributed by atoms with Gasteiger partial charge in [-0.3, -0.25) is 19.0 Å². The summed E-state index contributed by atoms with van der Waals surface area (Å²) in [7, 11) is 2.13. The number of pyridine rings is 1. The van der Waals surface area contributed by atoms with E-state index in [0.717, 1.165) is 0 Å². The zero-order valence-corrected chi connectivity index (χ0v) is 21.5. The van der Waals surface area contributed by atoms with E-state index in [2.05, 4.69) is 25.0 Å². The van der Waals surface area contributed by atoms with Crippen molar-refractivity contribution in [1.82, 2.24) is 29.5 Å². The first-order valence-corrected chi connectivity index (χ1v) is 12.6. The molecule has 36 heavy (non-hydrogen) atoms. The van der Waals surface area contributed by atoms with Crippen LogP contribution in [0.4, 0.5) is 5.95 Å². The van der Waals surface area contributed by atoms with Gasteiger partial charge >= 0.3 is 0 Å². The second-order valence-electron chi connectivity index (χ2n) is 7.58. The number of halogens is 1. The van der Waals surface area contributed by atoms with Crippen LogP contribution in [0.5, 0.6) is 11.5 Å². The highest BCUT2D eigenvalue weighted by Crippen LogP contribution is 2.37. The van der Waals surface area contributed by atoms with E-state index in [0.29, 0.717) is 33.6 Å². The average Bonchev–Trinajstić information content (AvgIpc) is 3.47. The fourth-order valence-corrected chi connectivity index (χ4v) is 4.86. The van der Waals surface area contributed by atoms with Gasteiger partial charge in [0.2, 0.25) is 16.0 Å². The fourth-order valence-electron chi connectivity index (χ4n) is 3.55. The summed E-state index contributed by atoms with van der Waals surface area (Å²) < 4.78 is 48.6. The number of rotatable bonds is 10. The van der Waals surface area contributed by atoms with Crippen LogP contribution in [-0.4, -0.2) is 65.0 Å². The molecule has 0 spiro atoms. The molecule has 1 aromatic carbocycles. The van der Waals surface area contributed by atoms with Crippen molar-refractivity contribution >= 4 is 27.6 Å². The third kappa shape index (κ3) is 5.27. The van der Waals surface area contributed by atoms with Crippen LogP contribution in [0.25, 0.3) is 17.2 Å². The van der Waals surface area contributed by atoms with E-state index in [9.17, 15) is 8.42 Å². The lowest BCUT2D eigenvalue weighted by molar-refractivity contribution is 0.118. The van der Waals surface area contributed by atoms with E-state index >= 15 is 0 Å². The Labute approximate surface area is 212 Å². The van der Waals surface area contributed by atoms with E-state index in [1.54, 1.807) is 54.3 Å². The fraction of sp³-hybridized carbons (Fsp3) is 0.273. The van der Waals surface area contributed by atoms with E-state index in [1.165, 1.54) is 32.1 Å². The van der Waals surface area contributed by atoms with Crippen LogP contribution in [0, 0.1) is 0 Å². The number of para-hydroxylation sites is 1. The molecule has 0 saturated heterocycles. The maximum atomic E-state index is 13.2. The Bertz CT molecular complexity index is 1430. The third-order valence-electron chi connectivity index (χ3n) is 5.21. The summed E-state index contributed by atoms with van der Waals surface area (Å²) in [6.45, 7) is 0. The second-order valence-corrected chi connectivity index (χ2v) is 9.78. The smallest absolute Gasteiger partial charge is 0.243 e. The zero-order chi connectivity index (χ0) is 25.9. The van der Waals surface area contributed by atoms with Crippen LogP contribution in [0.2, 0.25) is 5.02 Å². The van der Waals surface area contributed by atoms with Gasteiger partial charge in [0.15, 0.2) is 5.82 Å². The van der Waals surface area contributed by atoms with Gasteiger partial charge in [-0.15, -0.1) is 10.2 Å². The third-order valence-corrected chi connectivity index (χ3v) is 6.67. The maximum absolute atomic E-state index is 13.2. The minimum Gasteiger partial charge on any atom is -0.494 e. The first-order chi connectivity index (χ1) is 17.3. The summed E-state index contributed by atoms with van der Waals surface area (Å²) in [6, 6.07) is 10.1. The normalized spacial score (nSPS) is 12.4. The van der Waals surface area contributed by atoms with Crippen molar-refractivity contribution in [3.05, 3.63) is 59.5 Å². The Balaban J connectivity index is 1.78. The van der Waals surface area contributed by atoms with E-state index in [1.807, 2.05) is 0 Å². The number of methoxy groups -OCH3 is 3. The summed E-state index contributed by atoms with van der Waals surface area (Å²) in [5.74, 6) is 0.572. The molecular formula is C22H24ClN7O5S. The first kappa shape index (κ1) is 25.4. The monoisotopic (exact) mass is 533 g/mol. The molecule has 0 saturated carbocycles. The molecule has 1 N–H and O–H groups in total. The lowest BCUT2D eigenvalue weighted by atomic mass is 10.2. The molecule has 0 radical (unpaired) electrons. The Morgan fingerprint density at radius 1 is 1.06 bits per heavy atom. The number of benzene rings is 1. The summed E-state index contributed by atoms with van der Waals surface area (Å²) in [5.41, 5.74) is 1.27. The lowest BCUT2D eigenvalue weighted by Crippen LogP contribution is -2.25. The number of hydrogen-bond donors (Lipinski definition) is 1. The topological polar surface area (TPSA) is 135 Å². The number of ether oxygens (including phenoxy) is 3. The molecule has 3 heterocycles. The molecule has 14 heteroatoms. The number of nitrogens with one attached hydrogen (secondary N) is 1. The van der Waals surface area contributed by atoms with Gasteiger partial charge in [-0.1, -0.05) is 17.7 Å². The van der Waals surface area contributed by atoms with Crippen molar-refractivity contribution in [3.8, 4) is 28.7 Å². The number of aryl methyl sites for hydroxylation is 1. The molecule has 0 bridgehead atoms. The molecule has 4 aromatic rings. The quantitative estimate of drug-likeness (QED) is 0.326. The molecule has 3 aromatic heterocycles. The highest BCUT2D eigenvalue weighted by Gasteiger charge is 2.28. The molecule has 0 aliphatic carbocycles. The van der Waals surface area contributed by atoms with Crippen LogP contribution in [0.1, 0.15) is 11.8 Å². The summed E-state index contributed by atoms with van der Waals surface area (Å²) in [4.78, 5) is 4.17. The van der Waals surface area contributed by atoms with Crippen LogP contribution in [0.3, 0.4) is 0 Å². The molecule has 0 aliphatic rings. The van der Waals surface area contributed by atoms with Gasteiger partial charge in [0, 0.05) is 26.6 Å². The largest absolute Gasteiger partial charge is 0.494 e. The summed E-state index contributed by atoms with van der Waals surface area (Å²) in [5, 5.41) is 13.2.